The minimum absolute atomic E-state index is 0.315. The van der Waals surface area contributed by atoms with E-state index in [-0.39, 0.29) is 0 Å². The molecule has 1 nitrogen and oxygen atoms in total. The largest absolute Gasteiger partial charge is 0.374 e. The molecule has 186 valence electrons. The first-order valence-corrected chi connectivity index (χ1v) is 13.6. The predicted molar refractivity (Wildman–Crippen MR) is 147 cm³/mol. The SMILES string of the molecule is CC(C)CCC1CCCCC1.CC(C)CCc1ccccc1.CC(C)OCc1ccccc1. The minimum Gasteiger partial charge on any atom is -0.374 e. The van der Waals surface area contributed by atoms with Crippen LogP contribution < -0.4 is 0 Å². The summed E-state index contributed by atoms with van der Waals surface area (Å²) < 4.78 is 5.43. The highest BCUT2D eigenvalue weighted by atomic mass is 16.5. The van der Waals surface area contributed by atoms with Gasteiger partial charge in [0, 0.05) is 0 Å². The Kier molecular flexibility index (Phi) is 16.8. The Hall–Kier alpha value is -1.60. The lowest BCUT2D eigenvalue weighted by Crippen LogP contribution is -2.06. The van der Waals surface area contributed by atoms with Gasteiger partial charge in [-0.2, -0.15) is 0 Å². The molecule has 0 atom stereocenters. The molecule has 0 unspecified atom stereocenters. The van der Waals surface area contributed by atoms with Crippen LogP contribution in [0, 0.1) is 17.8 Å². The third-order valence-corrected chi connectivity index (χ3v) is 6.16. The minimum atomic E-state index is 0.315. The van der Waals surface area contributed by atoms with Crippen molar-refractivity contribution in [1.29, 1.82) is 0 Å². The van der Waals surface area contributed by atoms with Gasteiger partial charge in [0.15, 0.2) is 0 Å². The van der Waals surface area contributed by atoms with Crippen molar-refractivity contribution in [3.8, 4) is 0 Å². The van der Waals surface area contributed by atoms with Crippen LogP contribution in [0.2, 0.25) is 0 Å². The summed E-state index contributed by atoms with van der Waals surface area (Å²) >= 11 is 0. The van der Waals surface area contributed by atoms with E-state index in [1.54, 1.807) is 0 Å². The summed E-state index contributed by atoms with van der Waals surface area (Å²) in [4.78, 5) is 0. The molecule has 0 amide bonds. The zero-order valence-corrected chi connectivity index (χ0v) is 22.6. The molecule has 0 bridgehead atoms. The Morgan fingerprint density at radius 3 is 1.67 bits per heavy atom. The van der Waals surface area contributed by atoms with Crippen molar-refractivity contribution in [1.82, 2.24) is 0 Å². The summed E-state index contributed by atoms with van der Waals surface area (Å²) in [5, 5.41) is 0. The molecule has 0 aliphatic heterocycles. The molecule has 33 heavy (non-hydrogen) atoms. The zero-order chi connectivity index (χ0) is 24.3. The van der Waals surface area contributed by atoms with Gasteiger partial charge in [-0.1, -0.05) is 133 Å². The smallest absolute Gasteiger partial charge is 0.0720 e. The van der Waals surface area contributed by atoms with Crippen LogP contribution in [0.3, 0.4) is 0 Å². The van der Waals surface area contributed by atoms with E-state index in [2.05, 4.69) is 70.2 Å². The Morgan fingerprint density at radius 1 is 0.667 bits per heavy atom. The summed E-state index contributed by atoms with van der Waals surface area (Å²) in [5.41, 5.74) is 2.70. The third kappa shape index (κ3) is 17.5. The second kappa shape index (κ2) is 18.8. The first kappa shape index (κ1) is 29.4. The monoisotopic (exact) mass is 452 g/mol. The highest BCUT2D eigenvalue weighted by molar-refractivity contribution is 5.14. The number of ether oxygens (including phenoxy) is 1. The highest BCUT2D eigenvalue weighted by Crippen LogP contribution is 2.28. The van der Waals surface area contributed by atoms with Crippen molar-refractivity contribution in [3.05, 3.63) is 71.8 Å². The van der Waals surface area contributed by atoms with Crippen LogP contribution >= 0.6 is 0 Å². The van der Waals surface area contributed by atoms with E-state index >= 15 is 0 Å². The first-order valence-electron chi connectivity index (χ1n) is 13.6. The number of hydrogen-bond acceptors (Lipinski definition) is 1. The molecule has 0 spiro atoms. The van der Waals surface area contributed by atoms with Gasteiger partial charge in [0.1, 0.15) is 0 Å². The molecule has 0 heterocycles. The summed E-state index contributed by atoms with van der Waals surface area (Å²) in [6.45, 7) is 14.0. The van der Waals surface area contributed by atoms with Gasteiger partial charge < -0.3 is 4.74 Å². The van der Waals surface area contributed by atoms with E-state index < -0.39 is 0 Å². The third-order valence-electron chi connectivity index (χ3n) is 6.16. The zero-order valence-electron chi connectivity index (χ0n) is 22.6. The molecule has 3 rings (SSSR count). The van der Waals surface area contributed by atoms with Crippen LogP contribution in [0.15, 0.2) is 60.7 Å². The summed E-state index contributed by atoms with van der Waals surface area (Å²) in [5.74, 6) is 2.82. The van der Waals surface area contributed by atoms with Crippen LogP contribution in [0.1, 0.15) is 104 Å². The Bertz CT molecular complexity index is 606. The van der Waals surface area contributed by atoms with Gasteiger partial charge in [-0.25, -0.2) is 0 Å². The van der Waals surface area contributed by atoms with Crippen LogP contribution in [-0.2, 0) is 17.8 Å². The molecule has 2 aromatic rings. The van der Waals surface area contributed by atoms with Gasteiger partial charge in [0.25, 0.3) is 0 Å². The van der Waals surface area contributed by atoms with E-state index in [1.807, 2.05) is 32.0 Å². The van der Waals surface area contributed by atoms with E-state index in [1.165, 1.54) is 68.9 Å². The fraction of sp³-hybridized carbons (Fsp3) is 0.625. The van der Waals surface area contributed by atoms with Crippen molar-refractivity contribution in [2.45, 2.75) is 112 Å². The van der Waals surface area contributed by atoms with Crippen molar-refractivity contribution in [2.24, 2.45) is 17.8 Å². The number of hydrogen-bond donors (Lipinski definition) is 0. The molecule has 1 aliphatic carbocycles. The predicted octanol–water partition coefficient (Wildman–Crippen LogP) is 9.89. The van der Waals surface area contributed by atoms with Gasteiger partial charge in [0.2, 0.25) is 0 Å². The molecule has 2 aromatic carbocycles. The quantitative estimate of drug-likeness (QED) is 0.368. The molecule has 1 aliphatic rings. The molecule has 1 saturated carbocycles. The van der Waals surface area contributed by atoms with Gasteiger partial charge >= 0.3 is 0 Å². The topological polar surface area (TPSA) is 9.23 Å². The molecule has 0 radical (unpaired) electrons. The summed E-state index contributed by atoms with van der Waals surface area (Å²) in [6, 6.07) is 20.9. The maximum Gasteiger partial charge on any atom is 0.0720 e. The lowest BCUT2D eigenvalue weighted by Gasteiger charge is -2.21. The van der Waals surface area contributed by atoms with Gasteiger partial charge in [-0.15, -0.1) is 0 Å². The second-order valence-corrected chi connectivity index (χ2v) is 10.7. The average molecular weight is 453 g/mol. The van der Waals surface area contributed by atoms with Crippen molar-refractivity contribution < 1.29 is 4.74 Å². The van der Waals surface area contributed by atoms with Gasteiger partial charge in [-0.3, -0.25) is 0 Å². The van der Waals surface area contributed by atoms with E-state index in [0.29, 0.717) is 6.10 Å². The number of aryl methyl sites for hydroxylation is 1. The van der Waals surface area contributed by atoms with Crippen LogP contribution in [0.4, 0.5) is 0 Å². The maximum absolute atomic E-state index is 5.43. The fourth-order valence-electron chi connectivity index (χ4n) is 3.98. The van der Waals surface area contributed by atoms with Gasteiger partial charge in [0.05, 0.1) is 12.7 Å². The van der Waals surface area contributed by atoms with Crippen LogP contribution in [0.25, 0.3) is 0 Å². The van der Waals surface area contributed by atoms with Crippen LogP contribution in [0.5, 0.6) is 0 Å². The molecule has 1 fully saturated rings. The van der Waals surface area contributed by atoms with Crippen LogP contribution in [-0.4, -0.2) is 6.10 Å². The average Bonchev–Trinajstić information content (AvgIpc) is 2.83. The lowest BCUT2D eigenvalue weighted by molar-refractivity contribution is 0.0657. The Morgan fingerprint density at radius 2 is 1.18 bits per heavy atom. The standard InChI is InChI=1S/C11H22.C11H16.C10H14O/c2*1-10(2)8-9-11-6-4-3-5-7-11;1-9(2)11-8-10-6-4-3-5-7-10/h10-11H,3-9H2,1-2H3;3-7,10H,8-9H2,1-2H3;3-7,9H,8H2,1-2H3. The van der Waals surface area contributed by atoms with E-state index in [9.17, 15) is 0 Å². The molecular weight excluding hydrogens is 400 g/mol. The van der Waals surface area contributed by atoms with E-state index in [4.69, 9.17) is 4.74 Å². The molecular formula is C32H52O. The molecule has 1 heteroatoms. The Balaban J connectivity index is 0.000000247. The van der Waals surface area contributed by atoms with Gasteiger partial charge in [-0.05, 0) is 55.6 Å². The molecule has 0 N–H and O–H groups in total. The first-order chi connectivity index (χ1) is 15.9. The number of benzene rings is 2. The Labute approximate surface area is 206 Å². The fourth-order valence-corrected chi connectivity index (χ4v) is 3.98. The van der Waals surface area contributed by atoms with Crippen molar-refractivity contribution >= 4 is 0 Å². The normalized spacial score (nSPS) is 14.0. The summed E-state index contributed by atoms with van der Waals surface area (Å²) in [6.07, 6.45) is 13.3. The maximum atomic E-state index is 5.43. The van der Waals surface area contributed by atoms with Crippen molar-refractivity contribution in [2.75, 3.05) is 0 Å². The highest BCUT2D eigenvalue weighted by Gasteiger charge is 2.12. The number of rotatable bonds is 9. The lowest BCUT2D eigenvalue weighted by atomic mass is 9.85. The molecule has 0 saturated heterocycles. The second-order valence-electron chi connectivity index (χ2n) is 10.7. The molecule has 0 aromatic heterocycles. The summed E-state index contributed by atoms with van der Waals surface area (Å²) in [7, 11) is 0. The van der Waals surface area contributed by atoms with E-state index in [0.717, 1.165) is 24.4 Å². The van der Waals surface area contributed by atoms with Crippen molar-refractivity contribution in [3.63, 3.8) is 0 Å².